The second-order valence-electron chi connectivity index (χ2n) is 5.57. The molecule has 2 heterocycles. The highest BCUT2D eigenvalue weighted by Gasteiger charge is 2.20. The van der Waals surface area contributed by atoms with Gasteiger partial charge in [-0.05, 0) is 12.1 Å². The molecule has 0 saturated carbocycles. The van der Waals surface area contributed by atoms with E-state index in [4.69, 9.17) is 4.74 Å². The number of hydrogen-bond acceptors (Lipinski definition) is 6. The molecule has 3 rings (SSSR count). The Morgan fingerprint density at radius 1 is 1.24 bits per heavy atom. The first kappa shape index (κ1) is 13.7. The van der Waals surface area contributed by atoms with Gasteiger partial charge in [-0.25, -0.2) is 9.67 Å². The zero-order valence-electron chi connectivity index (χ0n) is 12.0. The Labute approximate surface area is 126 Å². The molecule has 0 amide bonds. The van der Waals surface area contributed by atoms with Gasteiger partial charge in [0.15, 0.2) is 5.82 Å². The third kappa shape index (κ3) is 3.08. The van der Waals surface area contributed by atoms with Crippen LogP contribution in [0.15, 0.2) is 36.9 Å². The molecule has 0 N–H and O–H groups in total. The summed E-state index contributed by atoms with van der Waals surface area (Å²) in [6.07, 6.45) is 3.13. The number of ether oxygens (including phenoxy) is 1. The third-order valence-electron chi connectivity index (χ3n) is 2.78. The molecular weight excluding hydrogens is 286 g/mol. The molecule has 21 heavy (non-hydrogen) atoms. The number of benzene rings is 1. The summed E-state index contributed by atoms with van der Waals surface area (Å²) < 4.78 is 11.8. The maximum absolute atomic E-state index is 5.78. The zero-order valence-corrected chi connectivity index (χ0v) is 12.8. The van der Waals surface area contributed by atoms with Crippen LogP contribution in [-0.4, -0.2) is 24.1 Å². The van der Waals surface area contributed by atoms with Crippen molar-refractivity contribution in [1.29, 1.82) is 0 Å². The van der Waals surface area contributed by atoms with E-state index in [2.05, 4.69) is 40.2 Å². The fourth-order valence-electron chi connectivity index (χ4n) is 1.69. The molecule has 0 unspecified atom stereocenters. The molecule has 7 heteroatoms. The van der Waals surface area contributed by atoms with Crippen molar-refractivity contribution < 1.29 is 4.74 Å². The van der Waals surface area contributed by atoms with Crippen molar-refractivity contribution in [2.75, 3.05) is 0 Å². The topological polar surface area (TPSA) is 65.7 Å². The summed E-state index contributed by atoms with van der Waals surface area (Å²) in [6.45, 7) is 6.22. The Kier molecular flexibility index (Phi) is 3.42. The second-order valence-corrected chi connectivity index (χ2v) is 6.29. The quantitative estimate of drug-likeness (QED) is 0.743. The lowest BCUT2D eigenvalue weighted by Crippen LogP contribution is -2.12. The highest BCUT2D eigenvalue weighted by Crippen LogP contribution is 2.28. The summed E-state index contributed by atoms with van der Waals surface area (Å²) in [4.78, 5) is 8.35. The molecule has 0 radical (unpaired) electrons. The molecule has 2 aromatic heterocycles. The van der Waals surface area contributed by atoms with E-state index < -0.39 is 0 Å². The Hall–Kier alpha value is -2.28. The third-order valence-corrected chi connectivity index (χ3v) is 3.38. The van der Waals surface area contributed by atoms with Crippen molar-refractivity contribution in [2.24, 2.45) is 0 Å². The molecule has 0 atom stereocenters. The summed E-state index contributed by atoms with van der Waals surface area (Å²) in [5.74, 6) is 1.48. The van der Waals surface area contributed by atoms with Gasteiger partial charge in [0.1, 0.15) is 18.4 Å². The number of rotatable bonds is 3. The minimum atomic E-state index is -0.0827. The molecule has 1 aromatic carbocycles. The smallest absolute Gasteiger partial charge is 0.298 e. The van der Waals surface area contributed by atoms with Crippen LogP contribution in [0.3, 0.4) is 0 Å². The molecule has 6 nitrogen and oxygen atoms in total. The lowest BCUT2D eigenvalue weighted by atomic mass is 9.96. The largest absolute Gasteiger partial charge is 0.430 e. The van der Waals surface area contributed by atoms with Crippen molar-refractivity contribution in [3.8, 4) is 16.6 Å². The maximum Gasteiger partial charge on any atom is 0.298 e. The Balaban J connectivity index is 1.82. The van der Waals surface area contributed by atoms with Gasteiger partial charge in [0.05, 0.1) is 5.69 Å². The van der Waals surface area contributed by atoms with Crippen LogP contribution >= 0.6 is 11.5 Å². The Morgan fingerprint density at radius 2 is 2.10 bits per heavy atom. The number of hydrogen-bond donors (Lipinski definition) is 0. The first-order valence-corrected chi connectivity index (χ1v) is 7.27. The average Bonchev–Trinajstić information content (AvgIpc) is 3.09. The fourth-order valence-corrected chi connectivity index (χ4v) is 2.43. The van der Waals surface area contributed by atoms with Crippen LogP contribution in [0.4, 0.5) is 0 Å². The molecule has 0 bridgehead atoms. The predicted molar refractivity (Wildman–Crippen MR) is 80.0 cm³/mol. The van der Waals surface area contributed by atoms with Crippen molar-refractivity contribution in [3.05, 3.63) is 42.7 Å². The van der Waals surface area contributed by atoms with Gasteiger partial charge in [-0.15, -0.1) is 0 Å². The SMILES string of the molecule is CC(C)(C)c1nsc(Oc2cccc(-n3cncn3)c2)n1. The molecule has 0 saturated heterocycles. The van der Waals surface area contributed by atoms with Crippen LogP contribution in [-0.2, 0) is 5.41 Å². The van der Waals surface area contributed by atoms with Gasteiger partial charge in [0.2, 0.25) is 0 Å². The van der Waals surface area contributed by atoms with Gasteiger partial charge in [-0.3, -0.25) is 0 Å². The second kappa shape index (κ2) is 5.25. The van der Waals surface area contributed by atoms with E-state index in [0.29, 0.717) is 10.9 Å². The summed E-state index contributed by atoms with van der Waals surface area (Å²) >= 11 is 1.26. The normalized spacial score (nSPS) is 11.6. The van der Waals surface area contributed by atoms with Gasteiger partial charge in [-0.2, -0.15) is 14.5 Å². The van der Waals surface area contributed by atoms with Gasteiger partial charge < -0.3 is 4.74 Å². The van der Waals surface area contributed by atoms with Crippen LogP contribution in [0.5, 0.6) is 10.9 Å². The minimum absolute atomic E-state index is 0.0827. The standard InChI is InChI=1S/C14H15N5OS/c1-14(2,3)12-17-13(21-18-12)20-11-6-4-5-10(7-11)19-9-15-8-16-19/h4-9H,1-3H3. The van der Waals surface area contributed by atoms with E-state index in [1.807, 2.05) is 24.3 Å². The Morgan fingerprint density at radius 3 is 2.76 bits per heavy atom. The van der Waals surface area contributed by atoms with E-state index in [9.17, 15) is 0 Å². The summed E-state index contributed by atoms with van der Waals surface area (Å²) in [5.41, 5.74) is 0.797. The Bertz CT molecular complexity index is 730. The lowest BCUT2D eigenvalue weighted by molar-refractivity contribution is 0.467. The first-order valence-electron chi connectivity index (χ1n) is 6.49. The first-order chi connectivity index (χ1) is 10.0. The van der Waals surface area contributed by atoms with E-state index >= 15 is 0 Å². The highest BCUT2D eigenvalue weighted by molar-refractivity contribution is 7.07. The van der Waals surface area contributed by atoms with Crippen LogP contribution in [0.25, 0.3) is 5.69 Å². The van der Waals surface area contributed by atoms with Crippen LogP contribution < -0.4 is 4.74 Å². The monoisotopic (exact) mass is 301 g/mol. The molecule has 3 aromatic rings. The van der Waals surface area contributed by atoms with Crippen molar-refractivity contribution in [3.63, 3.8) is 0 Å². The molecule has 0 aliphatic carbocycles. The number of nitrogens with zero attached hydrogens (tertiary/aromatic N) is 5. The van der Waals surface area contributed by atoms with Gasteiger partial charge in [0, 0.05) is 23.0 Å². The van der Waals surface area contributed by atoms with E-state index in [-0.39, 0.29) is 5.41 Å². The molecule has 108 valence electrons. The summed E-state index contributed by atoms with van der Waals surface area (Å²) in [7, 11) is 0. The van der Waals surface area contributed by atoms with E-state index in [1.54, 1.807) is 11.0 Å². The fraction of sp³-hybridized carbons (Fsp3) is 0.286. The lowest BCUT2D eigenvalue weighted by Gasteiger charge is -2.12. The zero-order chi connectivity index (χ0) is 14.9. The summed E-state index contributed by atoms with van der Waals surface area (Å²) in [5, 5.41) is 4.63. The molecular formula is C14H15N5OS. The van der Waals surface area contributed by atoms with Crippen molar-refractivity contribution in [2.45, 2.75) is 26.2 Å². The molecule has 0 aliphatic heterocycles. The highest BCUT2D eigenvalue weighted by atomic mass is 32.1. The van der Waals surface area contributed by atoms with Crippen LogP contribution in [0.1, 0.15) is 26.6 Å². The number of aromatic nitrogens is 5. The average molecular weight is 301 g/mol. The molecule has 0 aliphatic rings. The molecule has 0 spiro atoms. The minimum Gasteiger partial charge on any atom is -0.430 e. The maximum atomic E-state index is 5.78. The van der Waals surface area contributed by atoms with E-state index in [0.717, 1.165) is 11.5 Å². The van der Waals surface area contributed by atoms with Gasteiger partial charge in [-0.1, -0.05) is 26.8 Å². The molecule has 0 fully saturated rings. The van der Waals surface area contributed by atoms with Gasteiger partial charge in [0.25, 0.3) is 5.19 Å². The predicted octanol–water partition coefficient (Wildman–Crippen LogP) is 3.21. The van der Waals surface area contributed by atoms with E-state index in [1.165, 1.54) is 17.9 Å². The summed E-state index contributed by atoms with van der Waals surface area (Å²) in [6, 6.07) is 7.59. The van der Waals surface area contributed by atoms with Gasteiger partial charge >= 0.3 is 0 Å². The van der Waals surface area contributed by atoms with Crippen molar-refractivity contribution in [1.82, 2.24) is 24.1 Å². The van der Waals surface area contributed by atoms with Crippen molar-refractivity contribution >= 4 is 11.5 Å². The van der Waals surface area contributed by atoms with Crippen LogP contribution in [0.2, 0.25) is 0 Å². The van der Waals surface area contributed by atoms with Crippen LogP contribution in [0, 0.1) is 0 Å².